The Morgan fingerprint density at radius 2 is 1.71 bits per heavy atom. The van der Waals surface area contributed by atoms with E-state index in [1.165, 1.54) is 0 Å². The van der Waals surface area contributed by atoms with Crippen molar-refractivity contribution >= 4 is 51.5 Å². The standard InChI is InChI=1S/C16H12Cl3NO/c1-9-12(11-4-2-3-5-15(11)21-9)8-20-16-13(18)6-10(17)7-14(16)19/h2-7,20H,8H2,1H3. The van der Waals surface area contributed by atoms with Crippen LogP contribution in [0.15, 0.2) is 40.8 Å². The Bertz CT molecular complexity index is 787. The second-order valence-corrected chi connectivity index (χ2v) is 5.98. The van der Waals surface area contributed by atoms with Gasteiger partial charge in [0.2, 0.25) is 0 Å². The molecule has 0 saturated heterocycles. The lowest BCUT2D eigenvalue weighted by atomic mass is 10.1. The monoisotopic (exact) mass is 339 g/mol. The number of hydrogen-bond acceptors (Lipinski definition) is 2. The Morgan fingerprint density at radius 3 is 2.43 bits per heavy atom. The highest BCUT2D eigenvalue weighted by molar-refractivity contribution is 6.41. The lowest BCUT2D eigenvalue weighted by Crippen LogP contribution is -2.01. The Balaban J connectivity index is 1.92. The molecule has 1 heterocycles. The van der Waals surface area contributed by atoms with E-state index in [0.29, 0.717) is 27.3 Å². The van der Waals surface area contributed by atoms with Gasteiger partial charge in [-0.15, -0.1) is 0 Å². The van der Waals surface area contributed by atoms with Crippen molar-refractivity contribution in [2.45, 2.75) is 13.5 Å². The maximum absolute atomic E-state index is 6.18. The van der Waals surface area contributed by atoms with Crippen molar-refractivity contribution in [3.05, 3.63) is 62.8 Å². The number of fused-ring (bicyclic) bond motifs is 1. The molecule has 0 bridgehead atoms. The first-order valence-electron chi connectivity index (χ1n) is 6.41. The number of furan rings is 1. The fourth-order valence-electron chi connectivity index (χ4n) is 2.33. The molecule has 1 N–H and O–H groups in total. The van der Waals surface area contributed by atoms with Gasteiger partial charge >= 0.3 is 0 Å². The minimum absolute atomic E-state index is 0.498. The number of rotatable bonds is 3. The van der Waals surface area contributed by atoms with Crippen LogP contribution >= 0.6 is 34.8 Å². The quantitative estimate of drug-likeness (QED) is 0.604. The van der Waals surface area contributed by atoms with Crippen molar-refractivity contribution in [3.63, 3.8) is 0 Å². The van der Waals surface area contributed by atoms with Crippen molar-refractivity contribution in [1.29, 1.82) is 0 Å². The summed E-state index contributed by atoms with van der Waals surface area (Å²) < 4.78 is 5.74. The van der Waals surface area contributed by atoms with Crippen molar-refractivity contribution in [1.82, 2.24) is 0 Å². The molecule has 2 nitrogen and oxygen atoms in total. The van der Waals surface area contributed by atoms with Crippen molar-refractivity contribution in [3.8, 4) is 0 Å². The van der Waals surface area contributed by atoms with Gasteiger partial charge in [-0.1, -0.05) is 53.0 Å². The first kappa shape index (κ1) is 14.6. The number of anilines is 1. The largest absolute Gasteiger partial charge is 0.461 e. The van der Waals surface area contributed by atoms with Crippen LogP contribution in [0.1, 0.15) is 11.3 Å². The highest BCUT2D eigenvalue weighted by atomic mass is 35.5. The van der Waals surface area contributed by atoms with Gasteiger partial charge in [-0.05, 0) is 25.1 Å². The van der Waals surface area contributed by atoms with Gasteiger partial charge in [0.15, 0.2) is 0 Å². The van der Waals surface area contributed by atoms with E-state index in [2.05, 4.69) is 5.32 Å². The molecule has 5 heteroatoms. The smallest absolute Gasteiger partial charge is 0.134 e. The van der Waals surface area contributed by atoms with E-state index in [1.54, 1.807) is 12.1 Å². The van der Waals surface area contributed by atoms with Crippen LogP contribution in [0, 0.1) is 6.92 Å². The van der Waals surface area contributed by atoms with E-state index < -0.39 is 0 Å². The van der Waals surface area contributed by atoms with Gasteiger partial charge in [-0.2, -0.15) is 0 Å². The van der Waals surface area contributed by atoms with Crippen LogP contribution in [-0.2, 0) is 6.54 Å². The van der Waals surface area contributed by atoms with E-state index in [1.807, 2.05) is 31.2 Å². The van der Waals surface area contributed by atoms with Crippen LogP contribution in [0.3, 0.4) is 0 Å². The third-order valence-electron chi connectivity index (χ3n) is 3.35. The molecule has 2 aromatic carbocycles. The van der Waals surface area contributed by atoms with Gasteiger partial charge in [0.05, 0.1) is 15.7 Å². The van der Waals surface area contributed by atoms with Crippen LogP contribution in [0.5, 0.6) is 0 Å². The summed E-state index contributed by atoms with van der Waals surface area (Å²) in [5, 5.41) is 5.86. The Kier molecular flexibility index (Phi) is 4.03. The molecule has 0 spiro atoms. The maximum Gasteiger partial charge on any atom is 0.134 e. The maximum atomic E-state index is 6.18. The molecule has 0 saturated carbocycles. The van der Waals surface area contributed by atoms with Crippen LogP contribution < -0.4 is 5.32 Å². The van der Waals surface area contributed by atoms with E-state index >= 15 is 0 Å². The molecule has 0 aliphatic rings. The third kappa shape index (κ3) is 2.84. The highest BCUT2D eigenvalue weighted by Gasteiger charge is 2.12. The van der Waals surface area contributed by atoms with Gasteiger partial charge in [-0.3, -0.25) is 0 Å². The van der Waals surface area contributed by atoms with Crippen LogP contribution in [0.25, 0.3) is 11.0 Å². The van der Waals surface area contributed by atoms with Crippen LogP contribution in [0.2, 0.25) is 15.1 Å². The fraction of sp³-hybridized carbons (Fsp3) is 0.125. The van der Waals surface area contributed by atoms with Gasteiger partial charge in [0, 0.05) is 22.5 Å². The van der Waals surface area contributed by atoms with Crippen molar-refractivity contribution in [2.24, 2.45) is 0 Å². The molecular formula is C16H12Cl3NO. The van der Waals surface area contributed by atoms with E-state index in [4.69, 9.17) is 39.2 Å². The number of para-hydroxylation sites is 1. The summed E-state index contributed by atoms with van der Waals surface area (Å²) in [6.45, 7) is 2.52. The topological polar surface area (TPSA) is 25.2 Å². The highest BCUT2D eigenvalue weighted by Crippen LogP contribution is 2.35. The lowest BCUT2D eigenvalue weighted by Gasteiger charge is -2.11. The summed E-state index contributed by atoms with van der Waals surface area (Å²) in [5.41, 5.74) is 2.64. The summed E-state index contributed by atoms with van der Waals surface area (Å²) >= 11 is 18.3. The predicted octanol–water partition coefficient (Wildman–Crippen LogP) is 6.31. The van der Waals surface area contributed by atoms with Gasteiger partial charge < -0.3 is 9.73 Å². The van der Waals surface area contributed by atoms with Crippen LogP contribution in [-0.4, -0.2) is 0 Å². The number of hydrogen-bond donors (Lipinski definition) is 1. The molecule has 3 aromatic rings. The fourth-order valence-corrected chi connectivity index (χ4v) is 3.28. The predicted molar refractivity (Wildman–Crippen MR) is 89.7 cm³/mol. The molecule has 0 aliphatic carbocycles. The normalized spacial score (nSPS) is 11.0. The Hall–Kier alpha value is -1.35. The summed E-state index contributed by atoms with van der Waals surface area (Å²) in [6, 6.07) is 11.3. The number of nitrogens with one attached hydrogen (secondary N) is 1. The molecule has 108 valence electrons. The molecule has 1 aromatic heterocycles. The minimum atomic E-state index is 0.498. The van der Waals surface area contributed by atoms with Crippen LogP contribution in [0.4, 0.5) is 5.69 Å². The molecule has 3 rings (SSSR count). The van der Waals surface area contributed by atoms with Gasteiger partial charge in [-0.25, -0.2) is 0 Å². The molecule has 0 fully saturated rings. The number of aryl methyl sites for hydroxylation is 1. The Labute approximate surface area is 137 Å². The minimum Gasteiger partial charge on any atom is -0.461 e. The lowest BCUT2D eigenvalue weighted by molar-refractivity contribution is 0.573. The van der Waals surface area contributed by atoms with Gasteiger partial charge in [0.1, 0.15) is 11.3 Å². The average molecular weight is 341 g/mol. The van der Waals surface area contributed by atoms with Gasteiger partial charge in [0.25, 0.3) is 0 Å². The Morgan fingerprint density at radius 1 is 1.05 bits per heavy atom. The molecule has 0 atom stereocenters. The zero-order chi connectivity index (χ0) is 15.0. The second kappa shape index (κ2) is 5.80. The summed E-state index contributed by atoms with van der Waals surface area (Å²) in [4.78, 5) is 0. The zero-order valence-electron chi connectivity index (χ0n) is 11.2. The zero-order valence-corrected chi connectivity index (χ0v) is 13.5. The first-order valence-corrected chi connectivity index (χ1v) is 7.55. The number of benzene rings is 2. The van der Waals surface area contributed by atoms with E-state index in [9.17, 15) is 0 Å². The summed E-state index contributed by atoms with van der Waals surface area (Å²) in [6.07, 6.45) is 0. The van der Waals surface area contributed by atoms with Crippen molar-refractivity contribution in [2.75, 3.05) is 5.32 Å². The molecule has 0 aliphatic heterocycles. The third-order valence-corrected chi connectivity index (χ3v) is 4.16. The molecule has 21 heavy (non-hydrogen) atoms. The van der Waals surface area contributed by atoms with Crippen molar-refractivity contribution < 1.29 is 4.42 Å². The SMILES string of the molecule is Cc1oc2ccccc2c1CNc1c(Cl)cc(Cl)cc1Cl. The molecule has 0 amide bonds. The molecular weight excluding hydrogens is 329 g/mol. The summed E-state index contributed by atoms with van der Waals surface area (Å²) in [7, 11) is 0. The number of halogens is 3. The first-order chi connectivity index (χ1) is 10.1. The second-order valence-electron chi connectivity index (χ2n) is 4.73. The molecule has 0 radical (unpaired) electrons. The average Bonchev–Trinajstić information content (AvgIpc) is 2.73. The van der Waals surface area contributed by atoms with E-state index in [0.717, 1.165) is 22.3 Å². The molecule has 0 unspecified atom stereocenters. The van der Waals surface area contributed by atoms with E-state index in [-0.39, 0.29) is 0 Å². The summed E-state index contributed by atoms with van der Waals surface area (Å²) in [5.74, 6) is 0.880.